The zero-order valence-electron chi connectivity index (χ0n) is 13.1. The van der Waals surface area contributed by atoms with Crippen molar-refractivity contribution in [2.24, 2.45) is 0 Å². The molecule has 0 aliphatic rings. The lowest BCUT2D eigenvalue weighted by molar-refractivity contribution is -0.142. The number of nitrogens with one attached hydrogen (secondary N) is 1. The van der Waals surface area contributed by atoms with E-state index in [-0.39, 0.29) is 28.6 Å². The van der Waals surface area contributed by atoms with Gasteiger partial charge >= 0.3 is 6.18 Å². The Morgan fingerprint density at radius 2 is 2.12 bits per heavy atom. The zero-order chi connectivity index (χ0) is 18.5. The fourth-order valence-electron chi connectivity index (χ4n) is 2.46. The van der Waals surface area contributed by atoms with Gasteiger partial charge in [-0.15, -0.1) is 0 Å². The van der Waals surface area contributed by atoms with Gasteiger partial charge in [0.1, 0.15) is 5.69 Å². The number of amides is 1. The fourth-order valence-corrected chi connectivity index (χ4v) is 2.46. The second kappa shape index (κ2) is 5.51. The number of halogens is 3. The second-order valence-electron chi connectivity index (χ2n) is 5.42. The van der Waals surface area contributed by atoms with E-state index in [9.17, 15) is 18.0 Å². The molecular formula is C15H9F3N6O2. The van der Waals surface area contributed by atoms with Crippen LogP contribution < -0.4 is 5.32 Å². The van der Waals surface area contributed by atoms with Crippen LogP contribution in [0.1, 0.15) is 21.9 Å². The third-order valence-electron chi connectivity index (χ3n) is 3.56. The standard InChI is InChI=1S/C15H9F3N6O2/c1-7-5-10(15(16,17)18)24-11(20-7)6-9(22-24)13(25)21-12-8-3-2-4-19-14(8)26-23-12/h2-6H,1H3,(H,21,23,25). The molecule has 0 fully saturated rings. The summed E-state index contributed by atoms with van der Waals surface area (Å²) in [6, 6.07) is 5.28. The molecule has 26 heavy (non-hydrogen) atoms. The number of carbonyl (C=O) groups is 1. The third kappa shape index (κ3) is 2.62. The van der Waals surface area contributed by atoms with Gasteiger partial charge in [-0.1, -0.05) is 5.16 Å². The summed E-state index contributed by atoms with van der Waals surface area (Å²) in [5, 5.41) is 10.3. The summed E-state index contributed by atoms with van der Waals surface area (Å²) >= 11 is 0. The van der Waals surface area contributed by atoms with Crippen LogP contribution in [0.5, 0.6) is 0 Å². The average molecular weight is 362 g/mol. The molecule has 4 heterocycles. The van der Waals surface area contributed by atoms with E-state index in [1.807, 2.05) is 0 Å². The van der Waals surface area contributed by atoms with Gasteiger partial charge in [-0.3, -0.25) is 4.79 Å². The number of hydrogen-bond donors (Lipinski definition) is 1. The predicted octanol–water partition coefficient (Wildman–Crippen LogP) is 2.85. The molecule has 4 aromatic heterocycles. The molecule has 1 amide bonds. The molecule has 0 saturated carbocycles. The fraction of sp³-hybridized carbons (Fsp3) is 0.133. The zero-order valence-corrected chi connectivity index (χ0v) is 13.1. The van der Waals surface area contributed by atoms with Crippen LogP contribution >= 0.6 is 0 Å². The van der Waals surface area contributed by atoms with Crippen molar-refractivity contribution in [2.45, 2.75) is 13.1 Å². The van der Waals surface area contributed by atoms with E-state index in [0.717, 1.165) is 12.1 Å². The van der Waals surface area contributed by atoms with Crippen LogP contribution in [0.4, 0.5) is 19.0 Å². The first kappa shape index (κ1) is 16.0. The summed E-state index contributed by atoms with van der Waals surface area (Å²) in [5.74, 6) is -0.657. The number of nitrogens with zero attached hydrogens (tertiary/aromatic N) is 5. The summed E-state index contributed by atoms with van der Waals surface area (Å²) in [6.07, 6.45) is -3.15. The van der Waals surface area contributed by atoms with Crippen molar-refractivity contribution < 1.29 is 22.5 Å². The number of aryl methyl sites for hydroxylation is 1. The van der Waals surface area contributed by atoms with E-state index in [4.69, 9.17) is 4.52 Å². The Morgan fingerprint density at radius 1 is 1.31 bits per heavy atom. The lowest BCUT2D eigenvalue weighted by atomic mass is 10.3. The lowest BCUT2D eigenvalue weighted by Gasteiger charge is -2.08. The van der Waals surface area contributed by atoms with Gasteiger partial charge in [-0.2, -0.15) is 18.3 Å². The van der Waals surface area contributed by atoms with Gasteiger partial charge in [-0.25, -0.2) is 14.5 Å². The molecule has 0 radical (unpaired) electrons. The van der Waals surface area contributed by atoms with Crippen molar-refractivity contribution in [3.8, 4) is 0 Å². The molecule has 0 aliphatic heterocycles. The lowest BCUT2D eigenvalue weighted by Crippen LogP contribution is -2.16. The first-order valence-corrected chi connectivity index (χ1v) is 7.29. The Balaban J connectivity index is 1.73. The van der Waals surface area contributed by atoms with Crippen molar-refractivity contribution in [2.75, 3.05) is 5.32 Å². The van der Waals surface area contributed by atoms with E-state index in [2.05, 4.69) is 25.5 Å². The maximum absolute atomic E-state index is 13.2. The van der Waals surface area contributed by atoms with E-state index in [0.29, 0.717) is 9.90 Å². The van der Waals surface area contributed by atoms with Crippen molar-refractivity contribution in [1.29, 1.82) is 0 Å². The minimum absolute atomic E-state index is 0.0887. The number of pyridine rings is 1. The van der Waals surface area contributed by atoms with Gasteiger partial charge in [0.2, 0.25) is 0 Å². The van der Waals surface area contributed by atoms with Gasteiger partial charge in [-0.05, 0) is 25.1 Å². The first-order valence-electron chi connectivity index (χ1n) is 7.29. The van der Waals surface area contributed by atoms with Crippen LogP contribution in [0.25, 0.3) is 16.7 Å². The molecule has 8 nitrogen and oxygen atoms in total. The topological polar surface area (TPSA) is 98.2 Å². The molecular weight excluding hydrogens is 353 g/mol. The van der Waals surface area contributed by atoms with Crippen LogP contribution in [-0.4, -0.2) is 30.6 Å². The van der Waals surface area contributed by atoms with Crippen molar-refractivity contribution in [3.63, 3.8) is 0 Å². The summed E-state index contributed by atoms with van der Waals surface area (Å²) < 4.78 is 45.1. The molecule has 4 rings (SSSR count). The quantitative estimate of drug-likeness (QED) is 0.589. The minimum atomic E-state index is -4.64. The third-order valence-corrected chi connectivity index (χ3v) is 3.56. The van der Waals surface area contributed by atoms with E-state index < -0.39 is 17.8 Å². The van der Waals surface area contributed by atoms with Crippen molar-refractivity contribution in [3.05, 3.63) is 47.5 Å². The van der Waals surface area contributed by atoms with Gasteiger partial charge in [0, 0.05) is 18.0 Å². The average Bonchev–Trinajstić information content (AvgIpc) is 3.17. The molecule has 0 aliphatic carbocycles. The highest BCUT2D eigenvalue weighted by Crippen LogP contribution is 2.30. The van der Waals surface area contributed by atoms with E-state index in [1.165, 1.54) is 13.1 Å². The number of hydrogen-bond acceptors (Lipinski definition) is 6. The highest BCUT2D eigenvalue weighted by molar-refractivity contribution is 6.06. The van der Waals surface area contributed by atoms with Crippen LogP contribution in [0.3, 0.4) is 0 Å². The minimum Gasteiger partial charge on any atom is -0.334 e. The Labute approximate surface area is 142 Å². The maximum atomic E-state index is 13.2. The predicted molar refractivity (Wildman–Crippen MR) is 82.5 cm³/mol. The summed E-state index contributed by atoms with van der Waals surface area (Å²) in [6.45, 7) is 1.43. The Bertz CT molecular complexity index is 1150. The summed E-state index contributed by atoms with van der Waals surface area (Å²) in [4.78, 5) is 20.3. The number of carbonyl (C=O) groups excluding carboxylic acids is 1. The maximum Gasteiger partial charge on any atom is 0.433 e. The molecule has 0 unspecified atom stereocenters. The Hall–Kier alpha value is -3.50. The van der Waals surface area contributed by atoms with Gasteiger partial charge < -0.3 is 9.84 Å². The molecule has 0 atom stereocenters. The smallest absolute Gasteiger partial charge is 0.334 e. The monoisotopic (exact) mass is 362 g/mol. The van der Waals surface area contributed by atoms with Gasteiger partial charge in [0.25, 0.3) is 11.6 Å². The highest BCUT2D eigenvalue weighted by atomic mass is 19.4. The number of anilines is 1. The molecule has 0 aromatic carbocycles. The number of aromatic nitrogens is 5. The normalized spacial score (nSPS) is 12.0. The first-order chi connectivity index (χ1) is 12.3. The molecule has 11 heteroatoms. The van der Waals surface area contributed by atoms with Crippen molar-refractivity contribution >= 4 is 28.5 Å². The van der Waals surface area contributed by atoms with Crippen molar-refractivity contribution in [1.82, 2.24) is 24.7 Å². The van der Waals surface area contributed by atoms with Crippen LogP contribution in [0.2, 0.25) is 0 Å². The molecule has 4 aromatic rings. The Morgan fingerprint density at radius 3 is 2.88 bits per heavy atom. The molecule has 0 saturated heterocycles. The number of alkyl halides is 3. The molecule has 132 valence electrons. The molecule has 0 bridgehead atoms. The number of fused-ring (bicyclic) bond motifs is 2. The summed E-state index contributed by atoms with van der Waals surface area (Å²) in [5.41, 5.74) is -0.974. The van der Waals surface area contributed by atoms with Crippen LogP contribution in [0, 0.1) is 6.92 Å². The van der Waals surface area contributed by atoms with Crippen LogP contribution in [0.15, 0.2) is 35.0 Å². The molecule has 0 spiro atoms. The SMILES string of the molecule is Cc1cc(C(F)(F)F)n2nc(C(=O)Nc3noc4ncccc34)cc2n1. The second-order valence-corrected chi connectivity index (χ2v) is 5.42. The highest BCUT2D eigenvalue weighted by Gasteiger charge is 2.35. The molecule has 1 N–H and O–H groups in total. The summed E-state index contributed by atoms with van der Waals surface area (Å²) in [7, 11) is 0. The van der Waals surface area contributed by atoms with Gasteiger partial charge in [0.15, 0.2) is 17.2 Å². The Kier molecular flexibility index (Phi) is 3.39. The van der Waals surface area contributed by atoms with Crippen LogP contribution in [-0.2, 0) is 6.18 Å². The van der Waals surface area contributed by atoms with E-state index >= 15 is 0 Å². The van der Waals surface area contributed by atoms with E-state index in [1.54, 1.807) is 12.1 Å². The van der Waals surface area contributed by atoms with Gasteiger partial charge in [0.05, 0.1) is 5.39 Å². The largest absolute Gasteiger partial charge is 0.433 e. The number of rotatable bonds is 2.